The van der Waals surface area contributed by atoms with Gasteiger partial charge in [0.15, 0.2) is 9.84 Å². The Morgan fingerprint density at radius 3 is 2.41 bits per heavy atom. The molecule has 7 heteroatoms. The summed E-state index contributed by atoms with van der Waals surface area (Å²) in [7, 11) is -3.13. The number of nitrogen functional groups attached to an aromatic ring is 1. The lowest BCUT2D eigenvalue weighted by Crippen LogP contribution is -2.42. The molecule has 1 rings (SSSR count). The first kappa shape index (κ1) is 20.7. The molecule has 0 radical (unpaired) electrons. The van der Waals surface area contributed by atoms with Gasteiger partial charge in [-0.25, -0.2) is 8.42 Å². The van der Waals surface area contributed by atoms with Gasteiger partial charge in [-0.15, -0.1) is 12.4 Å². The Morgan fingerprint density at radius 1 is 1.32 bits per heavy atom. The van der Waals surface area contributed by atoms with Crippen LogP contribution in [0.3, 0.4) is 0 Å². The number of anilines is 1. The molecule has 0 bridgehead atoms. The van der Waals surface area contributed by atoms with Gasteiger partial charge >= 0.3 is 0 Å². The average Bonchev–Trinajstić information content (AvgIpc) is 2.41. The molecule has 5 nitrogen and oxygen atoms in total. The first-order chi connectivity index (χ1) is 9.71. The van der Waals surface area contributed by atoms with Gasteiger partial charge in [-0.2, -0.15) is 0 Å². The van der Waals surface area contributed by atoms with Crippen LogP contribution in [0.5, 0.6) is 0 Å². The van der Waals surface area contributed by atoms with Gasteiger partial charge in [0, 0.05) is 29.6 Å². The molecule has 1 unspecified atom stereocenters. The fourth-order valence-corrected chi connectivity index (χ4v) is 3.41. The van der Waals surface area contributed by atoms with Crippen LogP contribution in [-0.2, 0) is 9.84 Å². The second kappa shape index (κ2) is 8.39. The molecule has 0 spiro atoms. The predicted molar refractivity (Wildman–Crippen MR) is 93.3 cm³/mol. The molecule has 0 aromatic heterocycles. The summed E-state index contributed by atoms with van der Waals surface area (Å²) in [5.74, 6) is -0.119. The van der Waals surface area contributed by atoms with E-state index in [9.17, 15) is 13.2 Å². The van der Waals surface area contributed by atoms with Crippen molar-refractivity contribution in [3.8, 4) is 0 Å². The number of carbonyl (C=O) groups is 1. The third-order valence-electron chi connectivity index (χ3n) is 3.56. The third-order valence-corrected chi connectivity index (χ3v) is 5.43. The zero-order valence-electron chi connectivity index (χ0n) is 13.5. The van der Waals surface area contributed by atoms with E-state index < -0.39 is 9.84 Å². The maximum atomic E-state index is 12.6. The quantitative estimate of drug-likeness (QED) is 0.800. The molecule has 0 saturated carbocycles. The van der Waals surface area contributed by atoms with Gasteiger partial charge in [-0.1, -0.05) is 13.0 Å². The van der Waals surface area contributed by atoms with Gasteiger partial charge in [0.1, 0.15) is 0 Å². The number of nitrogens with zero attached hydrogens (tertiary/aromatic N) is 1. The van der Waals surface area contributed by atoms with E-state index in [2.05, 4.69) is 0 Å². The number of sulfone groups is 1. The van der Waals surface area contributed by atoms with Crippen molar-refractivity contribution >= 4 is 33.8 Å². The highest BCUT2D eigenvalue weighted by Crippen LogP contribution is 2.17. The predicted octanol–water partition coefficient (Wildman–Crippen LogP) is 2.28. The van der Waals surface area contributed by atoms with Crippen molar-refractivity contribution in [1.82, 2.24) is 4.90 Å². The minimum Gasteiger partial charge on any atom is -0.399 e. The molecule has 22 heavy (non-hydrogen) atoms. The lowest BCUT2D eigenvalue weighted by molar-refractivity contribution is 0.0718. The second-order valence-electron chi connectivity index (χ2n) is 5.21. The summed E-state index contributed by atoms with van der Waals surface area (Å²) in [6, 6.07) is 4.81. The normalized spacial score (nSPS) is 12.4. The van der Waals surface area contributed by atoms with Crippen LogP contribution in [0.25, 0.3) is 0 Å². The maximum Gasteiger partial charge on any atom is 0.254 e. The maximum absolute atomic E-state index is 12.6. The average molecular weight is 349 g/mol. The number of hydrogen-bond donors (Lipinski definition) is 1. The van der Waals surface area contributed by atoms with Crippen molar-refractivity contribution < 1.29 is 13.2 Å². The number of hydrogen-bond acceptors (Lipinski definition) is 4. The summed E-state index contributed by atoms with van der Waals surface area (Å²) in [5.41, 5.74) is 7.62. The summed E-state index contributed by atoms with van der Waals surface area (Å²) < 4.78 is 23.5. The highest BCUT2D eigenvalue weighted by atomic mass is 35.5. The molecular formula is C15H25ClN2O3S. The van der Waals surface area contributed by atoms with Gasteiger partial charge in [-0.05, 0) is 38.5 Å². The highest BCUT2D eigenvalue weighted by molar-refractivity contribution is 7.91. The van der Waals surface area contributed by atoms with Gasteiger partial charge in [0.05, 0.1) is 5.75 Å². The molecule has 1 amide bonds. The van der Waals surface area contributed by atoms with E-state index >= 15 is 0 Å². The molecule has 0 heterocycles. The lowest BCUT2D eigenvalue weighted by Gasteiger charge is -2.28. The van der Waals surface area contributed by atoms with Crippen LogP contribution < -0.4 is 5.73 Å². The van der Waals surface area contributed by atoms with Crippen molar-refractivity contribution in [1.29, 1.82) is 0 Å². The summed E-state index contributed by atoms with van der Waals surface area (Å²) in [6.07, 6.45) is 0. The van der Waals surface area contributed by atoms with Crippen LogP contribution in [0.2, 0.25) is 0 Å². The molecule has 0 aliphatic carbocycles. The first-order valence-corrected chi connectivity index (χ1v) is 8.91. The summed E-state index contributed by atoms with van der Waals surface area (Å²) in [4.78, 5) is 14.2. The summed E-state index contributed by atoms with van der Waals surface area (Å²) in [5, 5.41) is 0. The molecular weight excluding hydrogens is 324 g/mol. The number of nitrogens with two attached hydrogens (primary N) is 1. The Labute approximate surface area is 139 Å². The number of aryl methyl sites for hydroxylation is 1. The standard InChI is InChI=1S/C15H24N2O3S.ClH/c1-5-17(12(4)10-21(19,20)6-2)15(18)14-9-13(16)8-7-11(14)3;/h7-9,12H,5-6,10,16H2,1-4H3;1H. The second-order valence-corrected chi connectivity index (χ2v) is 7.61. The molecule has 1 atom stereocenters. The molecule has 2 N–H and O–H groups in total. The van der Waals surface area contributed by atoms with Crippen molar-refractivity contribution in [2.45, 2.75) is 33.7 Å². The van der Waals surface area contributed by atoms with E-state index in [0.29, 0.717) is 17.8 Å². The summed E-state index contributed by atoms with van der Waals surface area (Å²) in [6.45, 7) is 7.51. The molecule has 0 aliphatic rings. The molecule has 1 aromatic carbocycles. The fraction of sp³-hybridized carbons (Fsp3) is 0.533. The molecule has 0 fully saturated rings. The zero-order chi connectivity index (χ0) is 16.2. The van der Waals surface area contributed by atoms with Crippen molar-refractivity contribution in [3.05, 3.63) is 29.3 Å². The number of amides is 1. The minimum absolute atomic E-state index is 0. The van der Waals surface area contributed by atoms with Gasteiger partial charge in [-0.3, -0.25) is 4.79 Å². The molecule has 0 saturated heterocycles. The SMILES string of the molecule is CCN(C(=O)c1cc(N)ccc1C)C(C)CS(=O)(=O)CC.Cl. The van der Waals surface area contributed by atoms with Gasteiger partial charge in [0.25, 0.3) is 5.91 Å². The third kappa shape index (κ3) is 5.18. The Bertz CT molecular complexity index is 617. The Kier molecular flexibility index (Phi) is 7.90. The van der Waals surface area contributed by atoms with Crippen LogP contribution in [0, 0.1) is 6.92 Å². The Balaban J connectivity index is 0.00000441. The number of halogens is 1. The van der Waals surface area contributed by atoms with Crippen molar-refractivity contribution in [2.75, 3.05) is 23.8 Å². The van der Waals surface area contributed by atoms with Crippen LogP contribution in [-0.4, -0.2) is 43.3 Å². The Morgan fingerprint density at radius 2 is 1.91 bits per heavy atom. The van der Waals surface area contributed by atoms with Crippen LogP contribution in [0.1, 0.15) is 36.7 Å². The minimum atomic E-state index is -3.13. The van der Waals surface area contributed by atoms with E-state index in [0.717, 1.165) is 5.56 Å². The van der Waals surface area contributed by atoms with E-state index in [1.165, 1.54) is 0 Å². The lowest BCUT2D eigenvalue weighted by atomic mass is 10.1. The van der Waals surface area contributed by atoms with E-state index in [4.69, 9.17) is 5.73 Å². The van der Waals surface area contributed by atoms with Crippen LogP contribution in [0.4, 0.5) is 5.69 Å². The van der Waals surface area contributed by atoms with Crippen LogP contribution in [0.15, 0.2) is 18.2 Å². The monoisotopic (exact) mass is 348 g/mol. The molecule has 126 valence electrons. The van der Waals surface area contributed by atoms with E-state index in [1.807, 2.05) is 13.8 Å². The highest BCUT2D eigenvalue weighted by Gasteiger charge is 2.25. The topological polar surface area (TPSA) is 80.5 Å². The van der Waals surface area contributed by atoms with Gasteiger partial charge in [0.2, 0.25) is 0 Å². The molecule has 0 aliphatic heterocycles. The number of benzene rings is 1. The summed E-state index contributed by atoms with van der Waals surface area (Å²) >= 11 is 0. The van der Waals surface area contributed by atoms with E-state index in [-0.39, 0.29) is 35.9 Å². The zero-order valence-corrected chi connectivity index (χ0v) is 15.1. The number of carbonyl (C=O) groups excluding carboxylic acids is 1. The van der Waals surface area contributed by atoms with Gasteiger partial charge < -0.3 is 10.6 Å². The van der Waals surface area contributed by atoms with E-state index in [1.54, 1.807) is 36.9 Å². The largest absolute Gasteiger partial charge is 0.399 e. The first-order valence-electron chi connectivity index (χ1n) is 7.09. The molecule has 1 aromatic rings. The van der Waals surface area contributed by atoms with Crippen molar-refractivity contribution in [3.63, 3.8) is 0 Å². The van der Waals surface area contributed by atoms with Crippen molar-refractivity contribution in [2.24, 2.45) is 0 Å². The smallest absolute Gasteiger partial charge is 0.254 e. The van der Waals surface area contributed by atoms with Crippen LogP contribution >= 0.6 is 12.4 Å². The Hall–Kier alpha value is -1.27. The fourth-order valence-electron chi connectivity index (χ4n) is 2.26. The number of rotatable bonds is 6.